The van der Waals surface area contributed by atoms with Crippen LogP contribution in [0, 0.1) is 17.8 Å². The fourth-order valence-corrected chi connectivity index (χ4v) is 3.15. The van der Waals surface area contributed by atoms with E-state index in [0.717, 1.165) is 24.8 Å². The maximum absolute atomic E-state index is 6.13. The minimum absolute atomic E-state index is 0.380. The fourth-order valence-electron chi connectivity index (χ4n) is 3.15. The molecular weight excluding hydrogens is 216 g/mol. The van der Waals surface area contributed by atoms with Gasteiger partial charge in [-0.05, 0) is 17.8 Å². The predicted molar refractivity (Wildman–Crippen MR) is 64.9 cm³/mol. The summed E-state index contributed by atoms with van der Waals surface area (Å²) in [4.78, 5) is 10.6. The average Bonchev–Trinajstić information content (AvgIpc) is 2.40. The van der Waals surface area contributed by atoms with Crippen LogP contribution in [0.15, 0.2) is 12.4 Å². The van der Waals surface area contributed by atoms with Crippen molar-refractivity contribution in [1.29, 1.82) is 0 Å². The number of aromatic nitrogens is 2. The third kappa shape index (κ3) is 1.57. The van der Waals surface area contributed by atoms with Gasteiger partial charge in [0.25, 0.3) is 0 Å². The number of fused-ring (bicyclic) bond motifs is 2. The van der Waals surface area contributed by atoms with Gasteiger partial charge in [0.05, 0.1) is 7.11 Å². The number of rotatable bonds is 2. The summed E-state index contributed by atoms with van der Waals surface area (Å²) in [5.74, 6) is 3.53. The second-order valence-electron chi connectivity index (χ2n) is 5.09. The molecule has 3 fully saturated rings. The molecular formula is C12H18N4O. The van der Waals surface area contributed by atoms with E-state index in [0.29, 0.717) is 23.8 Å². The second-order valence-corrected chi connectivity index (χ2v) is 5.09. The van der Waals surface area contributed by atoms with E-state index in [-0.39, 0.29) is 0 Å². The van der Waals surface area contributed by atoms with Crippen LogP contribution in [0.3, 0.4) is 0 Å². The van der Waals surface area contributed by atoms with E-state index in [1.807, 2.05) is 6.07 Å². The molecule has 2 aliphatic heterocycles. The van der Waals surface area contributed by atoms with Crippen LogP contribution in [0.25, 0.3) is 0 Å². The molecule has 92 valence electrons. The van der Waals surface area contributed by atoms with Gasteiger partial charge >= 0.3 is 0 Å². The van der Waals surface area contributed by atoms with Crippen LogP contribution >= 0.6 is 0 Å². The van der Waals surface area contributed by atoms with Crippen molar-refractivity contribution in [3.8, 4) is 5.88 Å². The standard InChI is InChI=1S/C12H18N4O/c1-7-8-4-16(5-9(7)12(8)13)10-3-11(17-2)15-6-14-10/h3,6-9,12H,4-5,13H2,1-2H3/t7?,8-,9+,12?. The lowest BCUT2D eigenvalue weighted by molar-refractivity contribution is 0.0293. The number of anilines is 1. The summed E-state index contributed by atoms with van der Waals surface area (Å²) in [5, 5.41) is 0. The molecule has 1 saturated carbocycles. The van der Waals surface area contributed by atoms with Crippen molar-refractivity contribution in [2.45, 2.75) is 13.0 Å². The Labute approximate surface area is 101 Å². The Morgan fingerprint density at radius 1 is 1.35 bits per heavy atom. The highest BCUT2D eigenvalue weighted by Gasteiger charge is 2.50. The second kappa shape index (κ2) is 3.84. The molecule has 4 rings (SSSR count). The van der Waals surface area contributed by atoms with Gasteiger partial charge in [0, 0.05) is 25.2 Å². The Balaban J connectivity index is 1.78. The molecule has 0 amide bonds. The van der Waals surface area contributed by atoms with E-state index in [1.54, 1.807) is 13.4 Å². The number of ether oxygens (including phenoxy) is 1. The smallest absolute Gasteiger partial charge is 0.218 e. The van der Waals surface area contributed by atoms with Crippen molar-refractivity contribution in [3.05, 3.63) is 12.4 Å². The molecule has 5 heteroatoms. The SMILES string of the molecule is COc1cc(N2C[C@@H]3C(C)[C@H](C2)C3N)ncn1. The molecule has 4 atom stereocenters. The lowest BCUT2D eigenvalue weighted by Gasteiger charge is -2.57. The first-order chi connectivity index (χ1) is 8.20. The average molecular weight is 234 g/mol. The van der Waals surface area contributed by atoms with Crippen molar-refractivity contribution in [2.24, 2.45) is 23.5 Å². The Bertz CT molecular complexity index is 401. The molecule has 5 nitrogen and oxygen atoms in total. The van der Waals surface area contributed by atoms with Gasteiger partial charge < -0.3 is 15.4 Å². The zero-order valence-corrected chi connectivity index (χ0v) is 10.2. The number of nitrogens with zero attached hydrogens (tertiary/aromatic N) is 3. The molecule has 2 bridgehead atoms. The molecule has 2 saturated heterocycles. The van der Waals surface area contributed by atoms with Crippen molar-refractivity contribution in [1.82, 2.24) is 9.97 Å². The van der Waals surface area contributed by atoms with Crippen molar-refractivity contribution < 1.29 is 4.74 Å². The van der Waals surface area contributed by atoms with E-state index in [2.05, 4.69) is 21.8 Å². The van der Waals surface area contributed by atoms with Crippen LogP contribution in [-0.4, -0.2) is 36.2 Å². The lowest BCUT2D eigenvalue weighted by Crippen LogP contribution is -2.67. The summed E-state index contributed by atoms with van der Waals surface area (Å²) >= 11 is 0. The highest BCUT2D eigenvalue weighted by molar-refractivity contribution is 5.43. The molecule has 2 unspecified atom stereocenters. The molecule has 1 aromatic rings. The fraction of sp³-hybridized carbons (Fsp3) is 0.667. The summed E-state index contributed by atoms with van der Waals surface area (Å²) < 4.78 is 5.12. The normalized spacial score (nSPS) is 35.4. The minimum atomic E-state index is 0.380. The zero-order chi connectivity index (χ0) is 12.0. The van der Waals surface area contributed by atoms with Gasteiger partial charge in [-0.25, -0.2) is 9.97 Å². The van der Waals surface area contributed by atoms with E-state index in [9.17, 15) is 0 Å². The van der Waals surface area contributed by atoms with Crippen LogP contribution in [0.1, 0.15) is 6.92 Å². The lowest BCUT2D eigenvalue weighted by atomic mass is 9.59. The third-order valence-electron chi connectivity index (χ3n) is 4.36. The van der Waals surface area contributed by atoms with E-state index < -0.39 is 0 Å². The van der Waals surface area contributed by atoms with Gasteiger partial charge in [0.2, 0.25) is 5.88 Å². The summed E-state index contributed by atoms with van der Waals surface area (Å²) in [5.41, 5.74) is 6.13. The van der Waals surface area contributed by atoms with Gasteiger partial charge in [-0.1, -0.05) is 6.92 Å². The van der Waals surface area contributed by atoms with Crippen molar-refractivity contribution in [2.75, 3.05) is 25.1 Å². The minimum Gasteiger partial charge on any atom is -0.481 e. The maximum atomic E-state index is 6.13. The van der Waals surface area contributed by atoms with Gasteiger partial charge in [0.15, 0.2) is 0 Å². The summed E-state index contributed by atoms with van der Waals surface area (Å²) in [6, 6.07) is 2.27. The highest BCUT2D eigenvalue weighted by Crippen LogP contribution is 2.45. The van der Waals surface area contributed by atoms with Crippen LogP contribution in [0.5, 0.6) is 5.88 Å². The monoisotopic (exact) mass is 234 g/mol. The van der Waals surface area contributed by atoms with Crippen LogP contribution in [0.2, 0.25) is 0 Å². The van der Waals surface area contributed by atoms with Crippen LogP contribution in [-0.2, 0) is 0 Å². The molecule has 3 heterocycles. The Kier molecular flexibility index (Phi) is 2.43. The molecule has 0 aromatic carbocycles. The van der Waals surface area contributed by atoms with E-state index >= 15 is 0 Å². The first-order valence-electron chi connectivity index (χ1n) is 6.07. The highest BCUT2D eigenvalue weighted by atomic mass is 16.5. The van der Waals surface area contributed by atoms with Crippen molar-refractivity contribution in [3.63, 3.8) is 0 Å². The topological polar surface area (TPSA) is 64.3 Å². The summed E-state index contributed by atoms with van der Waals surface area (Å²) in [6.45, 7) is 4.30. The zero-order valence-electron chi connectivity index (χ0n) is 10.2. The number of hydrogen-bond acceptors (Lipinski definition) is 5. The molecule has 3 aliphatic rings. The molecule has 1 aromatic heterocycles. The largest absolute Gasteiger partial charge is 0.481 e. The number of hydrogen-bond donors (Lipinski definition) is 1. The van der Waals surface area contributed by atoms with E-state index in [4.69, 9.17) is 10.5 Å². The van der Waals surface area contributed by atoms with Gasteiger partial charge in [-0.15, -0.1) is 0 Å². The Hall–Kier alpha value is -1.36. The number of methoxy groups -OCH3 is 1. The maximum Gasteiger partial charge on any atom is 0.218 e. The Morgan fingerprint density at radius 3 is 2.65 bits per heavy atom. The quantitative estimate of drug-likeness (QED) is 0.808. The summed E-state index contributed by atoms with van der Waals surface area (Å²) in [6.07, 6.45) is 1.55. The first-order valence-corrected chi connectivity index (χ1v) is 6.07. The third-order valence-corrected chi connectivity index (χ3v) is 4.36. The number of nitrogens with two attached hydrogens (primary N) is 1. The first kappa shape index (κ1) is 10.8. The van der Waals surface area contributed by atoms with Gasteiger partial charge in [0.1, 0.15) is 12.1 Å². The van der Waals surface area contributed by atoms with Crippen LogP contribution in [0.4, 0.5) is 5.82 Å². The van der Waals surface area contributed by atoms with Crippen molar-refractivity contribution >= 4 is 5.82 Å². The molecule has 17 heavy (non-hydrogen) atoms. The van der Waals surface area contributed by atoms with E-state index in [1.165, 1.54) is 0 Å². The molecule has 0 spiro atoms. The number of piperidine rings is 2. The molecule has 2 N–H and O–H groups in total. The predicted octanol–water partition coefficient (Wildman–Crippen LogP) is 0.515. The van der Waals surface area contributed by atoms with Gasteiger partial charge in [-0.3, -0.25) is 0 Å². The van der Waals surface area contributed by atoms with Crippen LogP contribution < -0.4 is 15.4 Å². The molecule has 0 radical (unpaired) electrons. The molecule has 1 aliphatic carbocycles. The Morgan fingerprint density at radius 2 is 2.06 bits per heavy atom. The van der Waals surface area contributed by atoms with Gasteiger partial charge in [-0.2, -0.15) is 0 Å². The summed E-state index contributed by atoms with van der Waals surface area (Å²) in [7, 11) is 1.62.